The predicted octanol–water partition coefficient (Wildman–Crippen LogP) is 3.50. The van der Waals surface area contributed by atoms with E-state index in [1.807, 2.05) is 5.32 Å². The molecular formula is C17H14Cl3N3O5. The SMILES string of the molecule is Cl.N=C(NC(=O)Cc1c(Cl)cccc1Cl)NC(=O)Oc1cccc(C(=O)O)c1. The van der Waals surface area contributed by atoms with E-state index in [2.05, 4.69) is 5.32 Å². The van der Waals surface area contributed by atoms with Crippen LogP contribution < -0.4 is 15.4 Å². The van der Waals surface area contributed by atoms with E-state index in [4.69, 9.17) is 38.5 Å². The van der Waals surface area contributed by atoms with E-state index in [1.54, 1.807) is 18.2 Å². The van der Waals surface area contributed by atoms with Crippen LogP contribution in [0, 0.1) is 5.41 Å². The van der Waals surface area contributed by atoms with Crippen molar-refractivity contribution >= 4 is 59.5 Å². The van der Waals surface area contributed by atoms with Crippen LogP contribution in [0.15, 0.2) is 42.5 Å². The number of benzene rings is 2. The molecule has 2 rings (SSSR count). The summed E-state index contributed by atoms with van der Waals surface area (Å²) in [6.45, 7) is 0. The van der Waals surface area contributed by atoms with Gasteiger partial charge < -0.3 is 9.84 Å². The van der Waals surface area contributed by atoms with Crippen molar-refractivity contribution in [3.8, 4) is 5.75 Å². The maximum atomic E-state index is 12.0. The molecular weight excluding hydrogens is 433 g/mol. The number of nitrogens with one attached hydrogen (secondary N) is 3. The number of aromatic carboxylic acids is 1. The Balaban J connectivity index is 0.00000392. The molecule has 0 saturated carbocycles. The highest BCUT2D eigenvalue weighted by Crippen LogP contribution is 2.24. The van der Waals surface area contributed by atoms with Gasteiger partial charge in [0.05, 0.1) is 12.0 Å². The van der Waals surface area contributed by atoms with Gasteiger partial charge in [-0.05, 0) is 35.9 Å². The second-order valence-electron chi connectivity index (χ2n) is 5.15. The maximum Gasteiger partial charge on any atom is 0.419 e. The summed E-state index contributed by atoms with van der Waals surface area (Å²) < 4.78 is 4.87. The van der Waals surface area contributed by atoms with Crippen molar-refractivity contribution in [1.82, 2.24) is 10.6 Å². The van der Waals surface area contributed by atoms with Crippen molar-refractivity contribution in [2.24, 2.45) is 0 Å². The number of carboxylic acids is 1. The van der Waals surface area contributed by atoms with Crippen LogP contribution in [0.4, 0.5) is 4.79 Å². The molecule has 0 unspecified atom stereocenters. The minimum atomic E-state index is -1.18. The Kier molecular flexibility index (Phi) is 8.72. The summed E-state index contributed by atoms with van der Waals surface area (Å²) in [6, 6.07) is 10.0. The first-order valence-corrected chi connectivity index (χ1v) is 8.15. The first kappa shape index (κ1) is 23.2. The molecule has 0 saturated heterocycles. The van der Waals surface area contributed by atoms with Gasteiger partial charge in [0.1, 0.15) is 5.75 Å². The molecule has 0 radical (unpaired) electrons. The van der Waals surface area contributed by atoms with Gasteiger partial charge in [0.2, 0.25) is 11.9 Å². The minimum Gasteiger partial charge on any atom is -0.478 e. The molecule has 0 aliphatic heterocycles. The molecule has 0 aliphatic carbocycles. The third-order valence-electron chi connectivity index (χ3n) is 3.18. The van der Waals surface area contributed by atoms with Gasteiger partial charge in [-0.15, -0.1) is 12.4 Å². The molecule has 0 atom stereocenters. The molecule has 2 aromatic carbocycles. The summed E-state index contributed by atoms with van der Waals surface area (Å²) >= 11 is 11.9. The van der Waals surface area contributed by atoms with Crippen molar-refractivity contribution in [1.29, 1.82) is 5.41 Å². The molecule has 0 bridgehead atoms. The minimum absolute atomic E-state index is 0. The highest BCUT2D eigenvalue weighted by molar-refractivity contribution is 6.36. The van der Waals surface area contributed by atoms with Gasteiger partial charge in [0, 0.05) is 10.0 Å². The molecule has 0 spiro atoms. The van der Waals surface area contributed by atoms with E-state index < -0.39 is 23.9 Å². The number of ether oxygens (including phenoxy) is 1. The zero-order chi connectivity index (χ0) is 20.0. The Morgan fingerprint density at radius 3 is 2.25 bits per heavy atom. The lowest BCUT2D eigenvalue weighted by Gasteiger charge is -2.10. The number of halogens is 3. The normalized spacial score (nSPS) is 9.64. The summed E-state index contributed by atoms with van der Waals surface area (Å²) in [5, 5.41) is 21.2. The van der Waals surface area contributed by atoms with Crippen LogP contribution in [0.3, 0.4) is 0 Å². The van der Waals surface area contributed by atoms with Crippen LogP contribution in [0.5, 0.6) is 5.75 Å². The number of hydrogen-bond donors (Lipinski definition) is 4. The van der Waals surface area contributed by atoms with Crippen LogP contribution in [0.2, 0.25) is 10.0 Å². The standard InChI is InChI=1S/C17H13Cl2N3O5.ClH/c18-12-5-2-6-13(19)11(12)8-14(23)21-16(20)22-17(26)27-10-4-1-3-9(7-10)15(24)25;/h1-7H,8H2,(H,24,25)(H3,20,21,22,23,26);1H. The fourth-order valence-corrected chi connectivity index (χ4v) is 2.53. The Bertz CT molecular complexity index is 900. The average molecular weight is 447 g/mol. The lowest BCUT2D eigenvalue weighted by Crippen LogP contribution is -2.44. The average Bonchev–Trinajstić information content (AvgIpc) is 2.58. The first-order chi connectivity index (χ1) is 12.8. The number of carbonyl (C=O) groups excluding carboxylic acids is 2. The Morgan fingerprint density at radius 1 is 1.04 bits per heavy atom. The van der Waals surface area contributed by atoms with E-state index in [1.165, 1.54) is 18.2 Å². The monoisotopic (exact) mass is 445 g/mol. The summed E-state index contributed by atoms with van der Waals surface area (Å²) in [4.78, 5) is 34.6. The molecule has 4 N–H and O–H groups in total. The molecule has 28 heavy (non-hydrogen) atoms. The van der Waals surface area contributed by atoms with Crippen molar-refractivity contribution in [2.45, 2.75) is 6.42 Å². The van der Waals surface area contributed by atoms with Crippen molar-refractivity contribution in [3.63, 3.8) is 0 Å². The predicted molar refractivity (Wildman–Crippen MR) is 106 cm³/mol. The van der Waals surface area contributed by atoms with Gasteiger partial charge >= 0.3 is 12.1 Å². The van der Waals surface area contributed by atoms with Gasteiger partial charge in [-0.3, -0.25) is 20.8 Å². The smallest absolute Gasteiger partial charge is 0.419 e. The third kappa shape index (κ3) is 6.73. The molecule has 0 aliphatic rings. The lowest BCUT2D eigenvalue weighted by molar-refractivity contribution is -0.119. The number of rotatable bonds is 4. The topological polar surface area (TPSA) is 129 Å². The molecule has 148 valence electrons. The van der Waals surface area contributed by atoms with E-state index in [9.17, 15) is 14.4 Å². The molecule has 11 heteroatoms. The van der Waals surface area contributed by atoms with E-state index >= 15 is 0 Å². The zero-order valence-electron chi connectivity index (χ0n) is 14.0. The fourth-order valence-electron chi connectivity index (χ4n) is 2.00. The number of amides is 2. The van der Waals surface area contributed by atoms with Crippen LogP contribution in [-0.4, -0.2) is 29.0 Å². The van der Waals surface area contributed by atoms with Gasteiger partial charge in [0.15, 0.2) is 0 Å². The Hall–Kier alpha value is -2.81. The summed E-state index contributed by atoms with van der Waals surface area (Å²) in [6.07, 6.45) is -1.27. The molecule has 0 aromatic heterocycles. The highest BCUT2D eigenvalue weighted by Gasteiger charge is 2.14. The molecule has 8 nitrogen and oxygen atoms in total. The van der Waals surface area contributed by atoms with Crippen molar-refractivity contribution in [2.75, 3.05) is 0 Å². The first-order valence-electron chi connectivity index (χ1n) is 7.39. The van der Waals surface area contributed by atoms with Crippen LogP contribution in [0.25, 0.3) is 0 Å². The van der Waals surface area contributed by atoms with E-state index in [0.717, 1.165) is 6.07 Å². The summed E-state index contributed by atoms with van der Waals surface area (Å²) in [5.41, 5.74) is 0.319. The van der Waals surface area contributed by atoms with E-state index in [0.29, 0.717) is 15.6 Å². The largest absolute Gasteiger partial charge is 0.478 e. The zero-order valence-corrected chi connectivity index (χ0v) is 16.3. The quantitative estimate of drug-likeness (QED) is 0.422. The fraction of sp³-hybridized carbons (Fsp3) is 0.0588. The highest BCUT2D eigenvalue weighted by atomic mass is 35.5. The second kappa shape index (κ2) is 10.5. The summed E-state index contributed by atoms with van der Waals surface area (Å²) in [7, 11) is 0. The van der Waals surface area contributed by atoms with Crippen LogP contribution in [0.1, 0.15) is 15.9 Å². The van der Waals surface area contributed by atoms with Crippen molar-refractivity contribution < 1.29 is 24.2 Å². The molecule has 2 amide bonds. The number of carboxylic acid groups (broad SMARTS) is 1. The molecule has 0 heterocycles. The van der Waals surface area contributed by atoms with E-state index in [-0.39, 0.29) is 30.1 Å². The van der Waals surface area contributed by atoms with Crippen LogP contribution >= 0.6 is 35.6 Å². The Labute approximate surface area is 175 Å². The summed E-state index contributed by atoms with van der Waals surface area (Å²) in [5.74, 6) is -2.46. The van der Waals surface area contributed by atoms with Gasteiger partial charge in [-0.2, -0.15) is 0 Å². The maximum absolute atomic E-state index is 12.0. The number of carbonyl (C=O) groups is 3. The van der Waals surface area contributed by atoms with Gasteiger partial charge in [-0.1, -0.05) is 35.3 Å². The lowest BCUT2D eigenvalue weighted by atomic mass is 10.1. The van der Waals surface area contributed by atoms with Gasteiger partial charge in [0.25, 0.3) is 0 Å². The molecule has 0 fully saturated rings. The third-order valence-corrected chi connectivity index (χ3v) is 3.89. The number of guanidine groups is 1. The van der Waals surface area contributed by atoms with Crippen molar-refractivity contribution in [3.05, 3.63) is 63.6 Å². The van der Waals surface area contributed by atoms with Gasteiger partial charge in [-0.25, -0.2) is 9.59 Å². The Morgan fingerprint density at radius 2 is 1.64 bits per heavy atom. The molecule has 2 aromatic rings. The number of hydrogen-bond acceptors (Lipinski definition) is 5. The van der Waals surface area contributed by atoms with Crippen LogP contribution in [-0.2, 0) is 11.2 Å². The second-order valence-corrected chi connectivity index (χ2v) is 5.96.